The van der Waals surface area contributed by atoms with Crippen molar-refractivity contribution in [1.82, 2.24) is 0 Å². The van der Waals surface area contributed by atoms with Crippen LogP contribution in [-0.4, -0.2) is 35.7 Å². The van der Waals surface area contributed by atoms with Crippen molar-refractivity contribution in [3.8, 4) is 16.9 Å². The maximum atomic E-state index is 12.9. The van der Waals surface area contributed by atoms with E-state index >= 15 is 0 Å². The van der Waals surface area contributed by atoms with Crippen molar-refractivity contribution in [1.29, 1.82) is 0 Å². The van der Waals surface area contributed by atoms with Crippen molar-refractivity contribution in [2.24, 2.45) is 11.8 Å². The topological polar surface area (TPSA) is 82.1 Å². The third-order valence-electron chi connectivity index (χ3n) is 7.20. The van der Waals surface area contributed by atoms with Crippen LogP contribution < -0.4 is 4.74 Å². The Morgan fingerprint density at radius 3 is 2.48 bits per heavy atom. The number of hydrogen-bond donors (Lipinski definition) is 1. The van der Waals surface area contributed by atoms with Gasteiger partial charge in [-0.05, 0) is 35.4 Å². The standard InChI is InChI=1S/C31H27F3O6/c32-31(33,34)22-7-4-8-24(15-22)38-18-23(35)13-14-25-26-16-29(36)39-28(26)17-27(25)40-30(37)21-11-9-20(10-12-21)19-5-2-1-3-6-19/h1-15,25-28,30,37H,16-18H2/b14-13+/t25-,26-,27-,28+,30?/m1/s1. The molecule has 1 aliphatic heterocycles. The second kappa shape index (κ2) is 11.7. The zero-order valence-electron chi connectivity index (χ0n) is 21.3. The second-order valence-corrected chi connectivity index (χ2v) is 9.86. The van der Waals surface area contributed by atoms with Crippen LogP contribution in [0.4, 0.5) is 13.2 Å². The van der Waals surface area contributed by atoms with E-state index in [0.717, 1.165) is 23.3 Å². The summed E-state index contributed by atoms with van der Waals surface area (Å²) in [6.07, 6.45) is -3.26. The number of aliphatic hydroxyl groups excluding tert-OH is 1. The Balaban J connectivity index is 1.23. The van der Waals surface area contributed by atoms with Crippen LogP contribution >= 0.6 is 0 Å². The van der Waals surface area contributed by atoms with Gasteiger partial charge in [-0.2, -0.15) is 13.2 Å². The fourth-order valence-electron chi connectivity index (χ4n) is 5.21. The number of carbonyl (C=O) groups excluding carboxylic acids is 2. The number of alkyl halides is 3. The number of esters is 1. The van der Waals surface area contributed by atoms with E-state index in [0.29, 0.717) is 12.0 Å². The van der Waals surface area contributed by atoms with Gasteiger partial charge in [0.2, 0.25) is 0 Å². The molecule has 0 bridgehead atoms. The van der Waals surface area contributed by atoms with Crippen LogP contribution in [-0.2, 0) is 25.2 Å². The third kappa shape index (κ3) is 6.43. The molecule has 0 aromatic heterocycles. The van der Waals surface area contributed by atoms with Gasteiger partial charge in [0.1, 0.15) is 11.9 Å². The summed E-state index contributed by atoms with van der Waals surface area (Å²) in [5.74, 6) is -1.49. The molecule has 1 unspecified atom stereocenters. The summed E-state index contributed by atoms with van der Waals surface area (Å²) < 4.78 is 55.4. The number of halogens is 3. The van der Waals surface area contributed by atoms with E-state index in [4.69, 9.17) is 14.2 Å². The minimum atomic E-state index is -4.52. The lowest BCUT2D eigenvalue weighted by molar-refractivity contribution is -0.154. The third-order valence-corrected chi connectivity index (χ3v) is 7.20. The van der Waals surface area contributed by atoms with Gasteiger partial charge in [-0.25, -0.2) is 0 Å². The number of aliphatic hydroxyl groups is 1. The molecule has 3 aromatic carbocycles. The summed E-state index contributed by atoms with van der Waals surface area (Å²) in [6.45, 7) is -0.462. The van der Waals surface area contributed by atoms with Crippen molar-refractivity contribution in [2.75, 3.05) is 6.61 Å². The van der Waals surface area contributed by atoms with Gasteiger partial charge in [-0.1, -0.05) is 66.7 Å². The highest BCUT2D eigenvalue weighted by molar-refractivity contribution is 5.91. The summed E-state index contributed by atoms with van der Waals surface area (Å²) in [7, 11) is 0. The molecule has 1 heterocycles. The average Bonchev–Trinajstić information content (AvgIpc) is 3.46. The quantitative estimate of drug-likeness (QED) is 0.202. The molecule has 1 saturated heterocycles. The van der Waals surface area contributed by atoms with Gasteiger partial charge >= 0.3 is 12.1 Å². The number of ether oxygens (including phenoxy) is 3. The highest BCUT2D eigenvalue weighted by Crippen LogP contribution is 2.44. The highest BCUT2D eigenvalue weighted by Gasteiger charge is 2.50. The monoisotopic (exact) mass is 552 g/mol. The molecule has 9 heteroatoms. The van der Waals surface area contributed by atoms with Crippen molar-refractivity contribution in [3.05, 3.63) is 102 Å². The fraction of sp³-hybridized carbons (Fsp3) is 0.290. The molecular formula is C31H27F3O6. The van der Waals surface area contributed by atoms with Crippen LogP contribution in [0.25, 0.3) is 11.1 Å². The van der Waals surface area contributed by atoms with Crippen molar-refractivity contribution >= 4 is 11.8 Å². The molecule has 5 rings (SSSR count). The molecule has 5 atom stereocenters. The normalized spacial score (nSPS) is 23.1. The Labute approximate surface area is 229 Å². The first-order chi connectivity index (χ1) is 19.2. The summed E-state index contributed by atoms with van der Waals surface area (Å²) in [5, 5.41) is 10.8. The van der Waals surface area contributed by atoms with E-state index in [9.17, 15) is 27.9 Å². The Morgan fingerprint density at radius 1 is 1.02 bits per heavy atom. The maximum absolute atomic E-state index is 12.9. The van der Waals surface area contributed by atoms with E-state index in [1.54, 1.807) is 18.2 Å². The SMILES string of the molecule is O=C(/C=C/[C@@H]1[C@H]2CC(=O)O[C@H]2C[C@H]1OC(O)c1ccc(-c2ccccc2)cc1)COc1cccc(C(F)(F)F)c1. The first kappa shape index (κ1) is 27.6. The second-order valence-electron chi connectivity index (χ2n) is 9.86. The molecule has 3 aromatic rings. The van der Waals surface area contributed by atoms with Crippen molar-refractivity contribution in [2.45, 2.75) is 37.5 Å². The molecule has 2 fully saturated rings. The van der Waals surface area contributed by atoms with Gasteiger partial charge in [0, 0.05) is 23.8 Å². The minimum Gasteiger partial charge on any atom is -0.485 e. The van der Waals surface area contributed by atoms with Gasteiger partial charge < -0.3 is 19.3 Å². The average molecular weight is 553 g/mol. The zero-order valence-corrected chi connectivity index (χ0v) is 21.3. The van der Waals surface area contributed by atoms with Crippen molar-refractivity contribution in [3.63, 3.8) is 0 Å². The molecule has 2 aliphatic rings. The van der Waals surface area contributed by atoms with Crippen LogP contribution in [0.2, 0.25) is 0 Å². The van der Waals surface area contributed by atoms with Gasteiger partial charge in [0.15, 0.2) is 18.7 Å². The van der Waals surface area contributed by atoms with Gasteiger partial charge in [0.05, 0.1) is 18.1 Å². The molecule has 0 spiro atoms. The smallest absolute Gasteiger partial charge is 0.416 e. The number of hydrogen-bond acceptors (Lipinski definition) is 6. The largest absolute Gasteiger partial charge is 0.485 e. The summed E-state index contributed by atoms with van der Waals surface area (Å²) in [4.78, 5) is 24.4. The van der Waals surface area contributed by atoms with E-state index < -0.39 is 48.5 Å². The molecular weight excluding hydrogens is 525 g/mol. The molecule has 0 radical (unpaired) electrons. The zero-order chi connectivity index (χ0) is 28.3. The molecule has 6 nitrogen and oxygen atoms in total. The first-order valence-corrected chi connectivity index (χ1v) is 12.9. The lowest BCUT2D eigenvalue weighted by Crippen LogP contribution is -2.24. The van der Waals surface area contributed by atoms with Crippen LogP contribution in [0.3, 0.4) is 0 Å². The Bertz CT molecular complexity index is 1370. The number of rotatable bonds is 9. The fourth-order valence-corrected chi connectivity index (χ4v) is 5.21. The van der Waals surface area contributed by atoms with E-state index in [2.05, 4.69) is 0 Å². The first-order valence-electron chi connectivity index (χ1n) is 12.9. The van der Waals surface area contributed by atoms with Crippen LogP contribution in [0.1, 0.15) is 30.3 Å². The molecule has 0 amide bonds. The van der Waals surface area contributed by atoms with Gasteiger partial charge in [0.25, 0.3) is 0 Å². The van der Waals surface area contributed by atoms with E-state index in [-0.39, 0.29) is 24.1 Å². The molecule has 1 saturated carbocycles. The Kier molecular flexibility index (Phi) is 8.04. The molecule has 40 heavy (non-hydrogen) atoms. The molecule has 1 N–H and O–H groups in total. The Morgan fingerprint density at radius 2 is 1.75 bits per heavy atom. The summed E-state index contributed by atoms with van der Waals surface area (Å²) >= 11 is 0. The van der Waals surface area contributed by atoms with Gasteiger partial charge in [-0.3, -0.25) is 9.59 Å². The van der Waals surface area contributed by atoms with E-state index in [1.807, 2.05) is 42.5 Å². The predicted octanol–water partition coefficient (Wildman–Crippen LogP) is 5.90. The number of fused-ring (bicyclic) bond motifs is 1. The number of benzene rings is 3. The maximum Gasteiger partial charge on any atom is 0.416 e. The summed E-state index contributed by atoms with van der Waals surface area (Å²) in [6, 6.07) is 21.4. The van der Waals surface area contributed by atoms with Crippen molar-refractivity contribution < 1.29 is 42.1 Å². The summed E-state index contributed by atoms with van der Waals surface area (Å²) in [5.41, 5.74) is 1.72. The van der Waals surface area contributed by atoms with Crippen LogP contribution in [0.5, 0.6) is 5.75 Å². The number of carbonyl (C=O) groups is 2. The number of ketones is 1. The van der Waals surface area contributed by atoms with Crippen LogP contribution in [0.15, 0.2) is 91.0 Å². The van der Waals surface area contributed by atoms with Gasteiger partial charge in [-0.15, -0.1) is 0 Å². The van der Waals surface area contributed by atoms with E-state index in [1.165, 1.54) is 18.2 Å². The highest BCUT2D eigenvalue weighted by atomic mass is 19.4. The predicted molar refractivity (Wildman–Crippen MR) is 139 cm³/mol. The molecule has 1 aliphatic carbocycles. The molecule has 208 valence electrons. The minimum absolute atomic E-state index is 0.0742. The van der Waals surface area contributed by atoms with Crippen LogP contribution in [0, 0.1) is 11.8 Å². The lowest BCUT2D eigenvalue weighted by Gasteiger charge is -2.23. The Hall–Kier alpha value is -3.95. The lowest BCUT2D eigenvalue weighted by atomic mass is 9.91.